The Bertz CT molecular complexity index is 4530. The van der Waals surface area contributed by atoms with Gasteiger partial charge in [-0.2, -0.15) is 62.7 Å². The number of aliphatic carboxylic acids is 2. The number of nitrogens with two attached hydrogens (primary N) is 1. The van der Waals surface area contributed by atoms with Gasteiger partial charge in [0.1, 0.15) is 56.9 Å². The fraction of sp³-hybridized carbons (Fsp3) is 0.121. The Labute approximate surface area is 651 Å². The fourth-order valence-corrected chi connectivity index (χ4v) is 8.68. The molecule has 502 valence electrons. The second-order valence-corrected chi connectivity index (χ2v) is 20.0. The molecule has 0 saturated carbocycles. The van der Waals surface area contributed by atoms with E-state index in [9.17, 15) is 79.4 Å². The number of carbonyl (C=O) groups excluding carboxylic acids is 1. The average Bonchev–Trinajstić information content (AvgIpc) is 1.59. The SMILES string of the molecule is Cl.N#Cc1ccc2cc(O)ccc2n1.N#Cc1ccc2cc(Oc3ccc(C(F)(F)F)cc3[N+](=O)[O-])ccc2n1.N[C@H](CS)C(=O)O.O=C(O)[C@H]1CSC(c2ccc3cc(Oc4ccc(C(F)(F)F)cc4[N+](=O)[O-])ccc3n2)=N1.O=C[O-].O=[N+]([O-])c1cc(C(F)(F)F)ccc1Cl.[H-].[K+].[K+]. The number of nitro groups is 3. The van der Waals surface area contributed by atoms with E-state index in [0.717, 1.165) is 29.1 Å². The van der Waals surface area contributed by atoms with Gasteiger partial charge in [0.25, 0.3) is 5.69 Å². The number of phenolic OH excluding ortho intramolecular Hbond substituents is 1. The first kappa shape index (κ1) is 86.2. The zero-order chi connectivity index (χ0) is 70.7. The molecule has 9 aromatic rings. The maximum Gasteiger partial charge on any atom is 1.00 e. The first-order valence-corrected chi connectivity index (χ1v) is 27.5. The summed E-state index contributed by atoms with van der Waals surface area (Å²) < 4.78 is 124. The molecule has 0 unspecified atom stereocenters. The van der Waals surface area contributed by atoms with Crippen LogP contribution in [0.25, 0.3) is 32.7 Å². The van der Waals surface area contributed by atoms with Crippen LogP contribution in [-0.4, -0.2) is 92.1 Å². The molecular formula is C58H39Cl2F9K2N10O15S2. The van der Waals surface area contributed by atoms with Gasteiger partial charge in [-0.15, -0.1) is 24.2 Å². The van der Waals surface area contributed by atoms with Crippen LogP contribution in [0.1, 0.15) is 35.2 Å². The third-order valence-electron chi connectivity index (χ3n) is 11.8. The Morgan fingerprint density at radius 1 is 0.653 bits per heavy atom. The van der Waals surface area contributed by atoms with Crippen LogP contribution in [-0.2, 0) is 32.9 Å². The number of nitro benzene ring substituents is 3. The Kier molecular flexibility index (Phi) is 34.3. The van der Waals surface area contributed by atoms with E-state index in [-0.39, 0.29) is 162 Å². The molecule has 5 N–H and O–H groups in total. The molecule has 6 aromatic carbocycles. The molecule has 0 fully saturated rings. The summed E-state index contributed by atoms with van der Waals surface area (Å²) in [6, 6.07) is 32.1. The molecule has 98 heavy (non-hydrogen) atoms. The summed E-state index contributed by atoms with van der Waals surface area (Å²) in [6.45, 7) is -0.500. The van der Waals surface area contributed by atoms with Crippen LogP contribution >= 0.6 is 48.4 Å². The molecule has 4 heterocycles. The number of ether oxygens (including phenoxy) is 2. The predicted octanol–water partition coefficient (Wildman–Crippen LogP) is 7.04. The number of hydrogen-bond donors (Lipinski definition) is 5. The van der Waals surface area contributed by atoms with Gasteiger partial charge in [-0.25, -0.2) is 19.7 Å². The Balaban J connectivity index is 0.000000653. The van der Waals surface area contributed by atoms with Gasteiger partial charge in [-0.1, -0.05) is 17.7 Å². The van der Waals surface area contributed by atoms with E-state index < -0.39 is 97.5 Å². The predicted molar refractivity (Wildman–Crippen MR) is 330 cm³/mol. The zero-order valence-corrected chi connectivity index (χ0v) is 58.9. The number of fused-ring (bicyclic) bond motifs is 3. The molecule has 0 radical (unpaired) electrons. The minimum Gasteiger partial charge on any atom is -1.00 e. The number of nitriles is 2. The summed E-state index contributed by atoms with van der Waals surface area (Å²) in [6.07, 6.45) is -14.0. The van der Waals surface area contributed by atoms with Crippen LogP contribution in [0.2, 0.25) is 5.02 Å². The van der Waals surface area contributed by atoms with Crippen LogP contribution in [0, 0.1) is 53.0 Å². The summed E-state index contributed by atoms with van der Waals surface area (Å²) in [4.78, 5) is 75.5. The molecule has 3 aromatic heterocycles. The summed E-state index contributed by atoms with van der Waals surface area (Å²) in [5, 5.41) is 86.7. The van der Waals surface area contributed by atoms with Gasteiger partial charge in [0, 0.05) is 52.3 Å². The molecule has 40 heteroatoms. The molecule has 0 bridgehead atoms. The van der Waals surface area contributed by atoms with Crippen molar-refractivity contribution in [2.24, 2.45) is 10.7 Å². The standard InChI is InChI=1S/C20H12F3N3O5S.C17H8F3N3O3.C10H6N2O.C7H3ClF3NO2.C3H7NO2S.CH2O2.ClH.2K.H/c21-20(22,23)11-2-6-17(16(8-11)26(29)30)31-12-3-5-13-10(7-12)1-4-14(24-13)18-25-15(9-32-18)19(27)28;18-17(19,20)11-2-6-16(15(8-11)23(24)25)26-13-4-5-14-10(7-13)1-3-12(9-21)22-14;11-6-8-2-1-7-5-9(13)3-4-10(7)12-8;8-5-2-1-4(7(9,10)11)3-6(5)12(13)14;4-2(1-7)3(5)6;2-1-3;;;;/h1-8,15H,9H2,(H,27,28);1-8H;1-5,13H;1-3H;2,7H,1,4H2,(H,5,6);1H,(H,2,3);1H;;;/q;;;;;;;2*+1;-1/p-1/t15-;;;;2-;;;;;/m1...1...../s1. The number of carboxylic acid groups (broad SMARTS) is 3. The monoisotopic (exact) mass is 1500 g/mol. The number of benzene rings is 6. The molecule has 0 saturated heterocycles. The Hall–Kier alpha value is -7.91. The van der Waals surface area contributed by atoms with Gasteiger partial charge in [-0.05, 0) is 121 Å². The number of carboxylic acids is 2. The zero-order valence-electron chi connectivity index (χ0n) is 50.4. The molecule has 10 rings (SSSR count). The fourth-order valence-electron chi connectivity index (χ4n) is 7.34. The number of aromatic hydroxyl groups is 1. The van der Waals surface area contributed by atoms with E-state index in [2.05, 4.69) is 32.6 Å². The molecule has 0 amide bonds. The van der Waals surface area contributed by atoms with Crippen molar-refractivity contribution in [2.45, 2.75) is 30.6 Å². The van der Waals surface area contributed by atoms with Gasteiger partial charge in [0.05, 0.1) is 53.7 Å². The smallest absolute Gasteiger partial charge is 1.00 e. The number of aromatic nitrogens is 3. The van der Waals surface area contributed by atoms with E-state index in [4.69, 9.17) is 62.6 Å². The van der Waals surface area contributed by atoms with Gasteiger partial charge < -0.3 is 41.9 Å². The molecule has 0 spiro atoms. The third-order valence-corrected chi connectivity index (χ3v) is 13.6. The van der Waals surface area contributed by atoms with Gasteiger partial charge in [0.15, 0.2) is 6.04 Å². The third kappa shape index (κ3) is 25.4. The summed E-state index contributed by atoms with van der Waals surface area (Å²) in [7, 11) is 0. The van der Waals surface area contributed by atoms with Crippen LogP contribution in [0.5, 0.6) is 28.7 Å². The Morgan fingerprint density at radius 2 is 1.04 bits per heavy atom. The normalized spacial score (nSPS) is 12.2. The van der Waals surface area contributed by atoms with E-state index in [1.807, 2.05) is 12.1 Å². The molecule has 1 aliphatic rings. The van der Waals surface area contributed by atoms with Crippen molar-refractivity contribution in [3.63, 3.8) is 0 Å². The summed E-state index contributed by atoms with van der Waals surface area (Å²) >= 11 is 10.3. The maximum atomic E-state index is 12.9. The number of aliphatic imine (C=N–C) groups is 1. The minimum absolute atomic E-state index is 0. The summed E-state index contributed by atoms with van der Waals surface area (Å²) in [5.74, 6) is -1.58. The number of carbonyl (C=O) groups is 3. The van der Waals surface area contributed by atoms with Crippen molar-refractivity contribution in [3.8, 4) is 40.9 Å². The van der Waals surface area contributed by atoms with Gasteiger partial charge in [0.2, 0.25) is 11.5 Å². The van der Waals surface area contributed by atoms with E-state index >= 15 is 0 Å². The molecular weight excluding hydrogens is 1460 g/mol. The largest absolute Gasteiger partial charge is 1.00 e. The number of rotatable bonds is 11. The average molecular weight is 1500 g/mol. The number of alkyl halides is 9. The van der Waals surface area contributed by atoms with Crippen molar-refractivity contribution < 1.29 is 203 Å². The maximum absolute atomic E-state index is 12.9. The number of nitrogens with zero attached hydrogens (tertiary/aromatic N) is 9. The molecule has 0 aliphatic carbocycles. The number of thioether (sulfide) groups is 1. The minimum atomic E-state index is -4.72. The number of halogens is 11. The second-order valence-electron chi connectivity index (χ2n) is 18.2. The second kappa shape index (κ2) is 39.0. The topological polar surface area (TPSA) is 407 Å². The van der Waals surface area contributed by atoms with Crippen LogP contribution in [0.3, 0.4) is 0 Å². The van der Waals surface area contributed by atoms with Crippen molar-refractivity contribution in [1.29, 1.82) is 10.5 Å². The first-order chi connectivity index (χ1) is 44.6. The van der Waals surface area contributed by atoms with Gasteiger partial charge >= 0.3 is 145 Å². The number of phenols is 1. The van der Waals surface area contributed by atoms with Crippen molar-refractivity contribution in [2.75, 3.05) is 11.5 Å². The van der Waals surface area contributed by atoms with E-state index in [0.29, 0.717) is 80.4 Å². The van der Waals surface area contributed by atoms with Crippen molar-refractivity contribution in [1.82, 2.24) is 15.0 Å². The summed E-state index contributed by atoms with van der Waals surface area (Å²) in [5.41, 5.74) is 2.11. The van der Waals surface area contributed by atoms with Crippen LogP contribution in [0.15, 0.2) is 151 Å². The van der Waals surface area contributed by atoms with Gasteiger partial charge in [-0.3, -0.25) is 40.1 Å². The molecule has 1 aliphatic heterocycles. The van der Waals surface area contributed by atoms with Crippen LogP contribution < -0.4 is 123 Å². The quantitative estimate of drug-likeness (QED) is 0.0216. The van der Waals surface area contributed by atoms with Crippen LogP contribution in [0.4, 0.5) is 56.6 Å². The first-order valence-electron chi connectivity index (χ1n) is 25.5. The van der Waals surface area contributed by atoms with Crippen molar-refractivity contribution >= 4 is 122 Å². The van der Waals surface area contributed by atoms with Crippen molar-refractivity contribution in [3.05, 3.63) is 215 Å². The van der Waals surface area contributed by atoms with E-state index in [1.165, 1.54) is 42.1 Å². The van der Waals surface area contributed by atoms with E-state index in [1.54, 1.807) is 60.7 Å². The molecule has 2 atom stereocenters. The Morgan fingerprint density at radius 3 is 1.41 bits per heavy atom. The molecule has 25 nitrogen and oxygen atoms in total. The number of thiol groups is 1. The number of hydrogen-bond acceptors (Lipinski definition) is 22. The number of pyridine rings is 3.